The molecule has 0 saturated heterocycles. The summed E-state index contributed by atoms with van der Waals surface area (Å²) in [7, 11) is -4.58. The van der Waals surface area contributed by atoms with E-state index in [2.05, 4.69) is 4.98 Å². The number of nitrogens with zero attached hydrogens (tertiary/aromatic N) is 1. The molecule has 6 nitrogen and oxygen atoms in total. The molecule has 0 aromatic carbocycles. The number of nitrogens with two attached hydrogens (primary N) is 2. The Kier molecular flexibility index (Phi) is 11.0. The first-order valence-corrected chi connectivity index (χ1v) is 7.24. The van der Waals surface area contributed by atoms with E-state index < -0.39 is 24.8 Å². The van der Waals surface area contributed by atoms with Gasteiger partial charge in [0.25, 0.3) is 0 Å². The van der Waals surface area contributed by atoms with E-state index in [1.54, 1.807) is 32.2 Å². The molecule has 0 aliphatic carbocycles. The summed E-state index contributed by atoms with van der Waals surface area (Å²) in [5.41, 5.74) is 10.4. The van der Waals surface area contributed by atoms with E-state index in [0.717, 1.165) is 0 Å². The van der Waals surface area contributed by atoms with Crippen molar-refractivity contribution in [3.63, 3.8) is 0 Å². The van der Waals surface area contributed by atoms with Gasteiger partial charge in [-0.1, -0.05) is 6.07 Å². The smallest absolute Gasteiger partial charge is 0.778 e. The zero-order valence-corrected chi connectivity index (χ0v) is 17.4. The molecule has 0 aliphatic rings. The molecule has 0 amide bonds. The van der Waals surface area contributed by atoms with Gasteiger partial charge in [0.15, 0.2) is 0 Å². The fourth-order valence-electron chi connectivity index (χ4n) is 1.78. The van der Waals surface area contributed by atoms with Crippen LogP contribution < -0.4 is 45.9 Å². The summed E-state index contributed by atoms with van der Waals surface area (Å²) >= 11 is 0. The molecule has 1 rings (SSSR count). The van der Waals surface area contributed by atoms with Crippen LogP contribution in [0.4, 0.5) is 0 Å². The van der Waals surface area contributed by atoms with Crippen molar-refractivity contribution >= 4 is 37.2 Å². The molecule has 0 spiro atoms. The third kappa shape index (κ3) is 8.01. The van der Waals surface area contributed by atoms with Crippen molar-refractivity contribution < 1.29 is 43.9 Å². The Labute approximate surface area is 163 Å². The topological polar surface area (TPSA) is 125 Å². The SMILES string of the molecule is CC(C)(N)CC(C(N)c1cccnc1)P(=O)([O-])O.[Na+].[Na]. The molecule has 3 atom stereocenters. The molecular formula is C11H19N3Na2O3P. The minimum absolute atomic E-state index is 0. The van der Waals surface area contributed by atoms with Crippen LogP contribution in [0.15, 0.2) is 24.5 Å². The van der Waals surface area contributed by atoms with Gasteiger partial charge in [-0.15, -0.1) is 0 Å². The summed E-state index contributed by atoms with van der Waals surface area (Å²) < 4.78 is 11.5. The Balaban J connectivity index is 0. The third-order valence-electron chi connectivity index (χ3n) is 2.64. The molecule has 0 fully saturated rings. The number of aromatic nitrogens is 1. The molecule has 9 heteroatoms. The van der Waals surface area contributed by atoms with Gasteiger partial charge in [0.1, 0.15) is 7.60 Å². The van der Waals surface area contributed by atoms with Crippen molar-refractivity contribution in [2.24, 2.45) is 11.5 Å². The molecule has 1 aromatic heterocycles. The Morgan fingerprint density at radius 1 is 1.55 bits per heavy atom. The molecular weight excluding hydrogens is 299 g/mol. The predicted molar refractivity (Wildman–Crippen MR) is 73.4 cm³/mol. The largest absolute Gasteiger partial charge is 1.00 e. The normalized spacial score (nSPS) is 17.1. The van der Waals surface area contributed by atoms with Crippen LogP contribution in [0, 0.1) is 0 Å². The molecule has 0 saturated carbocycles. The van der Waals surface area contributed by atoms with Crippen LogP contribution >= 0.6 is 7.60 Å². The Morgan fingerprint density at radius 3 is 2.45 bits per heavy atom. The van der Waals surface area contributed by atoms with Gasteiger partial charge in [0, 0.05) is 59.2 Å². The van der Waals surface area contributed by atoms with Crippen molar-refractivity contribution in [1.82, 2.24) is 4.98 Å². The first kappa shape index (κ1) is 23.5. The van der Waals surface area contributed by atoms with Crippen molar-refractivity contribution in [3.8, 4) is 0 Å². The van der Waals surface area contributed by atoms with Crippen LogP contribution in [0.5, 0.6) is 0 Å². The second-order valence-electron chi connectivity index (χ2n) is 5.14. The van der Waals surface area contributed by atoms with E-state index in [1.807, 2.05) is 0 Å². The van der Waals surface area contributed by atoms with E-state index in [0.29, 0.717) is 5.56 Å². The van der Waals surface area contributed by atoms with Crippen LogP contribution in [0.25, 0.3) is 0 Å². The summed E-state index contributed by atoms with van der Waals surface area (Å²) in [5, 5.41) is 0. The Morgan fingerprint density at radius 2 is 2.10 bits per heavy atom. The maximum absolute atomic E-state index is 11.5. The van der Waals surface area contributed by atoms with Crippen molar-refractivity contribution in [2.75, 3.05) is 0 Å². The summed E-state index contributed by atoms with van der Waals surface area (Å²) in [5.74, 6) is 0. The third-order valence-corrected chi connectivity index (χ3v) is 3.98. The maximum atomic E-state index is 11.5. The van der Waals surface area contributed by atoms with Crippen LogP contribution in [0.3, 0.4) is 0 Å². The van der Waals surface area contributed by atoms with Gasteiger partial charge in [-0.25, -0.2) is 0 Å². The monoisotopic (exact) mass is 318 g/mol. The molecule has 1 heterocycles. The van der Waals surface area contributed by atoms with Gasteiger partial charge in [0.05, 0.1) is 0 Å². The molecule has 3 unspecified atom stereocenters. The predicted octanol–water partition coefficient (Wildman–Crippen LogP) is -3.25. The molecule has 0 aliphatic heterocycles. The quantitative estimate of drug-likeness (QED) is 0.387. The maximum Gasteiger partial charge on any atom is 1.00 e. The average Bonchev–Trinajstić information content (AvgIpc) is 2.24. The molecule has 1 aromatic rings. The second kappa shape index (κ2) is 9.38. The Hall–Kier alpha value is 1.22. The van der Waals surface area contributed by atoms with Crippen molar-refractivity contribution in [2.45, 2.75) is 37.5 Å². The van der Waals surface area contributed by atoms with E-state index in [4.69, 9.17) is 11.5 Å². The molecule has 103 valence electrons. The second-order valence-corrected chi connectivity index (χ2v) is 6.93. The summed E-state index contributed by atoms with van der Waals surface area (Å²) in [6.07, 6.45) is 3.12. The van der Waals surface area contributed by atoms with Crippen molar-refractivity contribution in [1.29, 1.82) is 0 Å². The zero-order valence-electron chi connectivity index (χ0n) is 12.5. The van der Waals surface area contributed by atoms with E-state index in [9.17, 15) is 14.4 Å². The van der Waals surface area contributed by atoms with Gasteiger partial charge in [-0.05, 0) is 31.9 Å². The number of hydrogen-bond donors (Lipinski definition) is 3. The van der Waals surface area contributed by atoms with Gasteiger partial charge >= 0.3 is 29.6 Å². The van der Waals surface area contributed by atoms with Crippen LogP contribution in [-0.2, 0) is 4.57 Å². The minimum Gasteiger partial charge on any atom is -0.778 e. The van der Waals surface area contributed by atoms with E-state index >= 15 is 0 Å². The summed E-state index contributed by atoms with van der Waals surface area (Å²) in [6, 6.07) is 2.48. The van der Waals surface area contributed by atoms with Crippen LogP contribution in [-0.4, -0.2) is 50.6 Å². The zero-order chi connectivity index (χ0) is 14.0. The number of rotatable bonds is 5. The Bertz CT molecular complexity index is 436. The van der Waals surface area contributed by atoms with Gasteiger partial charge in [-0.3, -0.25) is 4.98 Å². The minimum atomic E-state index is -4.58. The van der Waals surface area contributed by atoms with Crippen molar-refractivity contribution in [3.05, 3.63) is 30.1 Å². The van der Waals surface area contributed by atoms with Gasteiger partial charge in [0.2, 0.25) is 0 Å². The van der Waals surface area contributed by atoms with Crippen LogP contribution in [0.1, 0.15) is 31.9 Å². The van der Waals surface area contributed by atoms with E-state index in [-0.39, 0.29) is 65.5 Å². The van der Waals surface area contributed by atoms with E-state index in [1.165, 1.54) is 6.20 Å². The molecule has 1 radical (unpaired) electrons. The first-order chi connectivity index (χ1) is 8.11. The van der Waals surface area contributed by atoms with Gasteiger partial charge in [-0.2, -0.15) is 0 Å². The molecule has 20 heavy (non-hydrogen) atoms. The fraction of sp³-hybridized carbons (Fsp3) is 0.545. The summed E-state index contributed by atoms with van der Waals surface area (Å²) in [4.78, 5) is 24.6. The van der Waals surface area contributed by atoms with Gasteiger partial charge < -0.3 is 25.8 Å². The standard InChI is InChI=1S/C11H20N3O3P.2Na/c1-11(2,13)6-9(18(15,16)17)10(12)8-4-3-5-14-7-8;;/h3-5,7,9-10H,6,12-13H2,1-2H3,(H2,15,16,17);;/q;;+1/p-1. The molecule has 0 bridgehead atoms. The number of hydrogen-bond acceptors (Lipinski definition) is 5. The fourth-order valence-corrected chi connectivity index (χ4v) is 3.06. The summed E-state index contributed by atoms with van der Waals surface area (Å²) in [6.45, 7) is 3.37. The number of pyridine rings is 1. The first-order valence-electron chi connectivity index (χ1n) is 5.59. The van der Waals surface area contributed by atoms with Crippen LogP contribution in [0.2, 0.25) is 0 Å². The average molecular weight is 318 g/mol. The molecule has 5 N–H and O–H groups in total.